The Morgan fingerprint density at radius 2 is 1.92 bits per heavy atom. The van der Waals surface area contributed by atoms with E-state index in [4.69, 9.17) is 14.2 Å². The molecule has 0 amide bonds. The zero-order valence-corrected chi connectivity index (χ0v) is 15.2. The van der Waals surface area contributed by atoms with Crippen LogP contribution in [0.1, 0.15) is 72.1 Å². The molecular weight excluding hydrogens is 308 g/mol. The summed E-state index contributed by atoms with van der Waals surface area (Å²) in [7, 11) is 0. The van der Waals surface area contributed by atoms with E-state index in [2.05, 4.69) is 6.92 Å². The Bertz CT molecular complexity index is 431. The minimum Gasteiger partial charge on any atom is -0.462 e. The zero-order chi connectivity index (χ0) is 17.6. The summed E-state index contributed by atoms with van der Waals surface area (Å²) < 4.78 is 17.5. The second-order valence-corrected chi connectivity index (χ2v) is 7.35. The van der Waals surface area contributed by atoms with Crippen molar-refractivity contribution in [2.45, 2.75) is 102 Å². The molecule has 2 rings (SSSR count). The van der Waals surface area contributed by atoms with E-state index in [1.165, 1.54) is 19.3 Å². The van der Waals surface area contributed by atoms with Gasteiger partial charge in [-0.3, -0.25) is 4.79 Å². The van der Waals surface area contributed by atoms with Gasteiger partial charge in [-0.1, -0.05) is 44.8 Å². The molecule has 24 heavy (non-hydrogen) atoms. The minimum atomic E-state index is -0.839. The van der Waals surface area contributed by atoms with Crippen LogP contribution in [0.3, 0.4) is 0 Å². The Morgan fingerprint density at radius 3 is 2.67 bits per heavy atom. The van der Waals surface area contributed by atoms with Crippen molar-refractivity contribution in [3.05, 3.63) is 12.2 Å². The summed E-state index contributed by atoms with van der Waals surface area (Å²) in [6.07, 6.45) is 9.37. The number of hydrogen-bond donors (Lipinski definition) is 1. The molecule has 0 spiro atoms. The van der Waals surface area contributed by atoms with Gasteiger partial charge in [-0.05, 0) is 26.7 Å². The van der Waals surface area contributed by atoms with E-state index >= 15 is 0 Å². The van der Waals surface area contributed by atoms with Gasteiger partial charge in [0.25, 0.3) is 0 Å². The first kappa shape index (κ1) is 19.4. The summed E-state index contributed by atoms with van der Waals surface area (Å²) >= 11 is 0. The van der Waals surface area contributed by atoms with Crippen LogP contribution in [0.25, 0.3) is 0 Å². The Balaban J connectivity index is 1.99. The third-order valence-corrected chi connectivity index (χ3v) is 4.54. The Hall–Kier alpha value is -0.910. The van der Waals surface area contributed by atoms with Crippen molar-refractivity contribution in [1.82, 2.24) is 0 Å². The molecule has 2 aliphatic heterocycles. The first-order valence-corrected chi connectivity index (χ1v) is 9.31. The van der Waals surface area contributed by atoms with Crippen molar-refractivity contribution < 1.29 is 24.1 Å². The van der Waals surface area contributed by atoms with E-state index in [9.17, 15) is 9.90 Å². The summed E-state index contributed by atoms with van der Waals surface area (Å²) in [6, 6.07) is 0. The number of cyclic esters (lactones) is 1. The van der Waals surface area contributed by atoms with Crippen molar-refractivity contribution in [1.29, 1.82) is 0 Å². The molecule has 0 aliphatic carbocycles. The van der Waals surface area contributed by atoms with Gasteiger partial charge in [0, 0.05) is 6.42 Å². The Kier molecular flexibility index (Phi) is 7.26. The molecule has 0 radical (unpaired) electrons. The second kappa shape index (κ2) is 8.97. The topological polar surface area (TPSA) is 65.0 Å². The zero-order valence-electron chi connectivity index (χ0n) is 15.2. The standard InChI is InChI=1S/C19H32O5/c1-4-5-6-7-8-9-15-13-17-16(23-19(2,3)24-17)11-10-14(20)12-18(21)22-15/h10-11,14-17,20H,4-9,12-13H2,1-3H3/t14-,15-,16-,17+/m1/s1. The number of ether oxygens (including phenoxy) is 3. The van der Waals surface area contributed by atoms with Crippen molar-refractivity contribution in [3.63, 3.8) is 0 Å². The summed E-state index contributed by atoms with van der Waals surface area (Å²) in [6.45, 7) is 5.96. The molecule has 4 atom stereocenters. The molecular formula is C19H32O5. The van der Waals surface area contributed by atoms with Gasteiger partial charge in [-0.2, -0.15) is 0 Å². The van der Waals surface area contributed by atoms with Gasteiger partial charge < -0.3 is 19.3 Å². The third kappa shape index (κ3) is 6.19. The highest BCUT2D eigenvalue weighted by Gasteiger charge is 2.41. The van der Waals surface area contributed by atoms with Gasteiger partial charge in [0.2, 0.25) is 0 Å². The minimum absolute atomic E-state index is 0.00945. The number of aliphatic hydroxyl groups is 1. The van der Waals surface area contributed by atoms with Gasteiger partial charge in [-0.15, -0.1) is 0 Å². The van der Waals surface area contributed by atoms with E-state index in [1.807, 2.05) is 19.9 Å². The molecule has 2 aliphatic rings. The fourth-order valence-electron chi connectivity index (χ4n) is 3.38. The molecule has 0 bridgehead atoms. The van der Waals surface area contributed by atoms with Crippen LogP contribution >= 0.6 is 0 Å². The van der Waals surface area contributed by atoms with Crippen LogP contribution in [0, 0.1) is 0 Å². The predicted octanol–water partition coefficient (Wildman–Crippen LogP) is 3.49. The Morgan fingerprint density at radius 1 is 1.17 bits per heavy atom. The van der Waals surface area contributed by atoms with E-state index < -0.39 is 11.9 Å². The molecule has 1 saturated heterocycles. The number of aliphatic hydroxyl groups excluding tert-OH is 1. The summed E-state index contributed by atoms with van der Waals surface area (Å²) in [4.78, 5) is 12.0. The maximum absolute atomic E-state index is 12.0. The maximum atomic E-state index is 12.0. The largest absolute Gasteiger partial charge is 0.462 e. The van der Waals surface area contributed by atoms with Crippen LogP contribution < -0.4 is 0 Å². The molecule has 2 heterocycles. The number of carbonyl (C=O) groups excluding carboxylic acids is 1. The van der Waals surface area contributed by atoms with E-state index in [0.717, 1.165) is 19.3 Å². The molecule has 0 unspecified atom stereocenters. The van der Waals surface area contributed by atoms with Crippen molar-refractivity contribution >= 4 is 5.97 Å². The average Bonchev–Trinajstić information content (AvgIpc) is 2.78. The van der Waals surface area contributed by atoms with Gasteiger partial charge in [-0.25, -0.2) is 0 Å². The van der Waals surface area contributed by atoms with E-state index in [0.29, 0.717) is 6.42 Å². The van der Waals surface area contributed by atoms with Gasteiger partial charge in [0.05, 0.1) is 18.6 Å². The van der Waals surface area contributed by atoms with Crippen LogP contribution in [0.5, 0.6) is 0 Å². The SMILES string of the molecule is CCCCCCC[C@@H]1C[C@@H]2OC(C)(C)O[C@@H]2C=C[C@@H](O)CC(=O)O1. The highest BCUT2D eigenvalue weighted by Crippen LogP contribution is 2.33. The number of esters is 1. The van der Waals surface area contributed by atoms with Crippen LogP contribution in [0.15, 0.2) is 12.2 Å². The quantitative estimate of drug-likeness (QED) is 0.455. The van der Waals surface area contributed by atoms with Gasteiger partial charge in [0.15, 0.2) is 5.79 Å². The fraction of sp³-hybridized carbons (Fsp3) is 0.842. The maximum Gasteiger partial charge on any atom is 0.309 e. The first-order valence-electron chi connectivity index (χ1n) is 9.31. The van der Waals surface area contributed by atoms with Crippen molar-refractivity contribution in [3.8, 4) is 0 Å². The van der Waals surface area contributed by atoms with E-state index in [1.54, 1.807) is 6.08 Å². The summed E-state index contributed by atoms with van der Waals surface area (Å²) in [5, 5.41) is 9.93. The average molecular weight is 340 g/mol. The smallest absolute Gasteiger partial charge is 0.309 e. The van der Waals surface area contributed by atoms with Crippen molar-refractivity contribution in [2.75, 3.05) is 0 Å². The molecule has 1 fully saturated rings. The summed E-state index contributed by atoms with van der Waals surface area (Å²) in [5.74, 6) is -1.00. The molecule has 1 N–H and O–H groups in total. The molecule has 0 aromatic heterocycles. The molecule has 5 heteroatoms. The second-order valence-electron chi connectivity index (χ2n) is 7.35. The molecule has 138 valence electrons. The number of rotatable bonds is 6. The number of fused-ring (bicyclic) bond motifs is 1. The lowest BCUT2D eigenvalue weighted by molar-refractivity contribution is -0.156. The van der Waals surface area contributed by atoms with Gasteiger partial charge >= 0.3 is 5.97 Å². The van der Waals surface area contributed by atoms with E-state index in [-0.39, 0.29) is 30.7 Å². The third-order valence-electron chi connectivity index (χ3n) is 4.54. The van der Waals surface area contributed by atoms with Crippen LogP contribution in [0.4, 0.5) is 0 Å². The monoisotopic (exact) mass is 340 g/mol. The van der Waals surface area contributed by atoms with Crippen LogP contribution in [0.2, 0.25) is 0 Å². The van der Waals surface area contributed by atoms with Gasteiger partial charge in [0.1, 0.15) is 12.2 Å². The number of carbonyl (C=O) groups is 1. The normalized spacial score (nSPS) is 33.1. The lowest BCUT2D eigenvalue weighted by Crippen LogP contribution is -2.31. The molecule has 0 aromatic rings. The Labute approximate surface area is 145 Å². The lowest BCUT2D eigenvalue weighted by Gasteiger charge is -2.24. The fourth-order valence-corrected chi connectivity index (χ4v) is 3.38. The number of hydrogen-bond acceptors (Lipinski definition) is 5. The summed E-state index contributed by atoms with van der Waals surface area (Å²) in [5.41, 5.74) is 0. The first-order chi connectivity index (χ1) is 11.4. The highest BCUT2D eigenvalue weighted by molar-refractivity contribution is 5.70. The molecule has 0 aromatic carbocycles. The highest BCUT2D eigenvalue weighted by atomic mass is 16.8. The van der Waals surface area contributed by atoms with Crippen LogP contribution in [-0.4, -0.2) is 41.3 Å². The molecule has 5 nitrogen and oxygen atoms in total. The van der Waals surface area contributed by atoms with Crippen LogP contribution in [-0.2, 0) is 19.0 Å². The molecule has 0 saturated carbocycles. The number of unbranched alkanes of at least 4 members (excludes halogenated alkanes) is 4. The lowest BCUT2D eigenvalue weighted by atomic mass is 9.99. The van der Waals surface area contributed by atoms with Crippen molar-refractivity contribution in [2.24, 2.45) is 0 Å². The predicted molar refractivity (Wildman–Crippen MR) is 91.5 cm³/mol.